The molecule has 1 unspecified atom stereocenters. The summed E-state index contributed by atoms with van der Waals surface area (Å²) in [6, 6.07) is 18.9. The molecule has 0 fully saturated rings. The second-order valence-corrected chi connectivity index (χ2v) is 10.7. The minimum absolute atomic E-state index is 0.181. The van der Waals surface area contributed by atoms with Gasteiger partial charge < -0.3 is 15.0 Å². The van der Waals surface area contributed by atoms with Crippen molar-refractivity contribution in [1.29, 1.82) is 0 Å². The first-order valence-electron chi connectivity index (χ1n) is 14.0. The smallest absolute Gasteiger partial charge is 0.338 e. The van der Waals surface area contributed by atoms with Gasteiger partial charge in [0.05, 0.1) is 34.8 Å². The van der Waals surface area contributed by atoms with Crippen LogP contribution in [0.1, 0.15) is 67.5 Å². The molecule has 1 heterocycles. The lowest BCUT2D eigenvalue weighted by molar-refractivity contribution is 0.0526. The number of benzene rings is 3. The van der Waals surface area contributed by atoms with Crippen molar-refractivity contribution in [3.05, 3.63) is 99.6 Å². The van der Waals surface area contributed by atoms with Crippen LogP contribution >= 0.6 is 0 Å². The van der Waals surface area contributed by atoms with Crippen molar-refractivity contribution in [2.75, 3.05) is 18.5 Å². The number of hydrogen-bond acceptors (Lipinski definition) is 5. The normalized spacial score (nSPS) is 11.9. The fourth-order valence-corrected chi connectivity index (χ4v) is 4.65. The van der Waals surface area contributed by atoms with Crippen molar-refractivity contribution in [2.24, 2.45) is 5.92 Å². The van der Waals surface area contributed by atoms with Crippen molar-refractivity contribution in [1.82, 2.24) is 14.5 Å². The highest BCUT2D eigenvalue weighted by Crippen LogP contribution is 2.26. The Kier molecular flexibility index (Phi) is 9.22. The molecule has 1 N–H and O–H groups in total. The van der Waals surface area contributed by atoms with E-state index in [-0.39, 0.29) is 18.2 Å². The number of amides is 2. The van der Waals surface area contributed by atoms with Gasteiger partial charge in [0.2, 0.25) is 0 Å². The predicted octanol–water partition coefficient (Wildman–Crippen LogP) is 6.82. The summed E-state index contributed by atoms with van der Waals surface area (Å²) in [5.74, 6) is 0.422. The molecule has 0 aliphatic heterocycles. The van der Waals surface area contributed by atoms with E-state index in [4.69, 9.17) is 9.72 Å². The molecule has 0 bridgehead atoms. The predicted molar refractivity (Wildman–Crippen MR) is 163 cm³/mol. The third-order valence-corrected chi connectivity index (χ3v) is 7.25. The molecule has 41 heavy (non-hydrogen) atoms. The number of nitrogens with one attached hydrogen (secondary N) is 1. The maximum Gasteiger partial charge on any atom is 0.338 e. The molecule has 1 aromatic heterocycles. The molecular weight excluding hydrogens is 516 g/mol. The zero-order valence-corrected chi connectivity index (χ0v) is 24.6. The molecule has 2 amide bonds. The van der Waals surface area contributed by atoms with E-state index in [0.29, 0.717) is 46.1 Å². The molecular formula is C33H38N4O4. The zero-order valence-electron chi connectivity index (χ0n) is 24.6. The van der Waals surface area contributed by atoms with E-state index in [1.807, 2.05) is 57.2 Å². The summed E-state index contributed by atoms with van der Waals surface area (Å²) in [4.78, 5) is 46.4. The fraction of sp³-hybridized carbons (Fsp3) is 0.333. The molecule has 0 saturated carbocycles. The van der Waals surface area contributed by atoms with E-state index in [9.17, 15) is 14.4 Å². The maximum absolute atomic E-state index is 13.9. The van der Waals surface area contributed by atoms with Crippen LogP contribution in [0.25, 0.3) is 16.6 Å². The summed E-state index contributed by atoms with van der Waals surface area (Å²) < 4.78 is 6.68. The Morgan fingerprint density at radius 3 is 2.34 bits per heavy atom. The lowest BCUT2D eigenvalue weighted by Gasteiger charge is -2.31. The molecule has 0 aliphatic rings. The highest BCUT2D eigenvalue weighted by Gasteiger charge is 2.27. The molecule has 4 aromatic rings. The Bertz CT molecular complexity index is 1610. The molecule has 8 nitrogen and oxygen atoms in total. The van der Waals surface area contributed by atoms with Crippen LogP contribution in [-0.2, 0) is 4.74 Å². The van der Waals surface area contributed by atoms with Crippen LogP contribution < -0.4 is 10.9 Å². The molecule has 0 saturated heterocycles. The molecule has 4 rings (SSSR count). The highest BCUT2D eigenvalue weighted by atomic mass is 16.5. The summed E-state index contributed by atoms with van der Waals surface area (Å²) in [6.07, 6.45) is 0.765. The van der Waals surface area contributed by atoms with Crippen LogP contribution in [-0.4, -0.2) is 39.6 Å². The molecule has 214 valence electrons. The van der Waals surface area contributed by atoms with Crippen LogP contribution in [0.2, 0.25) is 0 Å². The number of carbonyl (C=O) groups is 2. The van der Waals surface area contributed by atoms with Crippen LogP contribution in [0, 0.1) is 19.8 Å². The number of aryl methyl sites for hydroxylation is 2. The van der Waals surface area contributed by atoms with E-state index in [1.165, 1.54) is 0 Å². The van der Waals surface area contributed by atoms with Crippen LogP contribution in [0.4, 0.5) is 10.5 Å². The molecule has 0 spiro atoms. The van der Waals surface area contributed by atoms with E-state index in [0.717, 1.165) is 17.5 Å². The van der Waals surface area contributed by atoms with Crippen molar-refractivity contribution in [2.45, 2.75) is 54.0 Å². The third-order valence-electron chi connectivity index (χ3n) is 7.25. The summed E-state index contributed by atoms with van der Waals surface area (Å²) in [5.41, 5.74) is 4.24. The SMILES string of the molecule is CCOC(=O)c1ccc(NC(=O)N(CCC(C)C)C(C)c2nc3ccccc3c(=O)n2-c2ccc(C)c(C)c2)cc1. The molecule has 0 radical (unpaired) electrons. The average molecular weight is 555 g/mol. The first-order chi connectivity index (χ1) is 19.6. The number of urea groups is 1. The van der Waals surface area contributed by atoms with Gasteiger partial charge in [-0.2, -0.15) is 0 Å². The van der Waals surface area contributed by atoms with E-state index >= 15 is 0 Å². The first-order valence-corrected chi connectivity index (χ1v) is 14.0. The number of carbonyl (C=O) groups excluding carboxylic acids is 2. The van der Waals surface area contributed by atoms with E-state index in [2.05, 4.69) is 19.2 Å². The summed E-state index contributed by atoms with van der Waals surface area (Å²) in [5, 5.41) is 3.48. The second-order valence-electron chi connectivity index (χ2n) is 10.7. The number of hydrogen-bond donors (Lipinski definition) is 1. The fourth-order valence-electron chi connectivity index (χ4n) is 4.65. The summed E-state index contributed by atoms with van der Waals surface area (Å²) >= 11 is 0. The number of rotatable bonds is 9. The van der Waals surface area contributed by atoms with Gasteiger partial charge in [-0.3, -0.25) is 9.36 Å². The second kappa shape index (κ2) is 12.8. The number of fused-ring (bicyclic) bond motifs is 1. The Morgan fingerprint density at radius 1 is 0.976 bits per heavy atom. The quantitative estimate of drug-likeness (QED) is 0.229. The molecule has 8 heteroatoms. The lowest BCUT2D eigenvalue weighted by atomic mass is 10.1. The van der Waals surface area contributed by atoms with Crippen molar-refractivity contribution in [3.63, 3.8) is 0 Å². The van der Waals surface area contributed by atoms with Gasteiger partial charge in [0.1, 0.15) is 5.82 Å². The average Bonchev–Trinajstić information content (AvgIpc) is 2.95. The number of aromatic nitrogens is 2. The van der Waals surface area contributed by atoms with Gasteiger partial charge in [-0.15, -0.1) is 0 Å². The molecule has 0 aliphatic carbocycles. The van der Waals surface area contributed by atoms with Crippen molar-refractivity contribution < 1.29 is 14.3 Å². The van der Waals surface area contributed by atoms with Gasteiger partial charge in [0, 0.05) is 12.2 Å². The van der Waals surface area contributed by atoms with Gasteiger partial charge in [-0.05, 0) is 99.7 Å². The van der Waals surface area contributed by atoms with Gasteiger partial charge in [-0.1, -0.05) is 32.0 Å². The van der Waals surface area contributed by atoms with Gasteiger partial charge in [0.15, 0.2) is 0 Å². The molecule has 3 aromatic carbocycles. The Hall–Kier alpha value is -4.46. The summed E-state index contributed by atoms with van der Waals surface area (Å²) in [7, 11) is 0. The molecule has 1 atom stereocenters. The standard InChI is InChI=1S/C33H38N4O4/c1-7-41-32(39)25-13-15-26(16-14-25)34-33(40)36(19-18-21(2)3)24(6)30-35-29-11-9-8-10-28(29)31(38)37(30)27-17-12-22(4)23(5)20-27/h8-17,20-21,24H,7,18-19H2,1-6H3,(H,34,40). The van der Waals surface area contributed by atoms with E-state index in [1.54, 1.807) is 46.7 Å². The first kappa shape index (κ1) is 29.5. The summed E-state index contributed by atoms with van der Waals surface area (Å²) in [6.45, 7) is 12.7. The Balaban J connectivity index is 1.76. The number of para-hydroxylation sites is 1. The number of ether oxygens (including phenoxy) is 1. The Labute approximate surface area is 241 Å². The maximum atomic E-state index is 13.9. The van der Waals surface area contributed by atoms with Gasteiger partial charge in [-0.25, -0.2) is 14.6 Å². The number of nitrogens with zero attached hydrogens (tertiary/aromatic N) is 3. The third kappa shape index (κ3) is 6.65. The van der Waals surface area contributed by atoms with Crippen molar-refractivity contribution in [3.8, 4) is 5.69 Å². The van der Waals surface area contributed by atoms with Crippen LogP contribution in [0.15, 0.2) is 71.5 Å². The van der Waals surface area contributed by atoms with Crippen LogP contribution in [0.3, 0.4) is 0 Å². The topological polar surface area (TPSA) is 93.5 Å². The largest absolute Gasteiger partial charge is 0.462 e. The van der Waals surface area contributed by atoms with Crippen LogP contribution in [0.5, 0.6) is 0 Å². The van der Waals surface area contributed by atoms with Gasteiger partial charge in [0.25, 0.3) is 5.56 Å². The van der Waals surface area contributed by atoms with Gasteiger partial charge >= 0.3 is 12.0 Å². The number of esters is 1. The van der Waals surface area contributed by atoms with E-state index < -0.39 is 12.0 Å². The number of anilines is 1. The minimum Gasteiger partial charge on any atom is -0.462 e. The highest BCUT2D eigenvalue weighted by molar-refractivity contribution is 5.92. The Morgan fingerprint density at radius 2 is 1.68 bits per heavy atom. The zero-order chi connectivity index (χ0) is 29.7. The minimum atomic E-state index is -0.536. The monoisotopic (exact) mass is 554 g/mol. The lowest BCUT2D eigenvalue weighted by Crippen LogP contribution is -2.40. The van der Waals surface area contributed by atoms with Crippen molar-refractivity contribution >= 4 is 28.6 Å².